The van der Waals surface area contributed by atoms with Crippen LogP contribution in [0.25, 0.3) is 0 Å². The number of nitrogens with one attached hydrogen (secondary N) is 1. The normalized spacial score (nSPS) is 18.5. The van der Waals surface area contributed by atoms with Crippen molar-refractivity contribution in [2.75, 3.05) is 18.6 Å². The highest BCUT2D eigenvalue weighted by molar-refractivity contribution is 7.80. The van der Waals surface area contributed by atoms with E-state index in [1.165, 1.54) is 28.1 Å². The van der Waals surface area contributed by atoms with Gasteiger partial charge in [-0.1, -0.05) is 12.1 Å². The van der Waals surface area contributed by atoms with E-state index >= 15 is 0 Å². The van der Waals surface area contributed by atoms with Crippen LogP contribution in [0.1, 0.15) is 45.9 Å². The smallest absolute Gasteiger partial charge is 0.174 e. The molecule has 0 spiro atoms. The zero-order valence-electron chi connectivity index (χ0n) is 18.8. The van der Waals surface area contributed by atoms with Gasteiger partial charge in [0.1, 0.15) is 0 Å². The molecular formula is C25H30N4OS. The van der Waals surface area contributed by atoms with Crippen LogP contribution in [0, 0.1) is 27.7 Å². The van der Waals surface area contributed by atoms with Gasteiger partial charge in [-0.15, -0.1) is 0 Å². The van der Waals surface area contributed by atoms with E-state index in [0.717, 1.165) is 23.0 Å². The first kappa shape index (κ1) is 21.5. The molecule has 0 bridgehead atoms. The summed E-state index contributed by atoms with van der Waals surface area (Å²) in [7, 11) is 1.74. The Morgan fingerprint density at radius 1 is 1.06 bits per heavy atom. The third-order valence-electron chi connectivity index (χ3n) is 6.03. The molecule has 3 heterocycles. The monoisotopic (exact) mass is 434 g/mol. The van der Waals surface area contributed by atoms with E-state index in [1.807, 2.05) is 18.3 Å². The van der Waals surface area contributed by atoms with Gasteiger partial charge in [0.15, 0.2) is 5.11 Å². The van der Waals surface area contributed by atoms with Gasteiger partial charge in [0, 0.05) is 36.9 Å². The molecule has 3 aromatic rings. The minimum atomic E-state index is -0.0362. The molecule has 31 heavy (non-hydrogen) atoms. The fraction of sp³-hybridized carbons (Fsp3) is 0.360. The van der Waals surface area contributed by atoms with Crippen molar-refractivity contribution >= 4 is 23.0 Å². The van der Waals surface area contributed by atoms with Crippen molar-refractivity contribution in [3.63, 3.8) is 0 Å². The van der Waals surface area contributed by atoms with Crippen LogP contribution in [0.15, 0.2) is 48.7 Å². The Kier molecular flexibility index (Phi) is 6.12. The first-order valence-electron chi connectivity index (χ1n) is 10.6. The maximum absolute atomic E-state index is 5.88. The van der Waals surface area contributed by atoms with Crippen LogP contribution in [0.3, 0.4) is 0 Å². The van der Waals surface area contributed by atoms with E-state index in [4.69, 9.17) is 17.0 Å². The van der Waals surface area contributed by atoms with Gasteiger partial charge in [0.2, 0.25) is 0 Å². The highest BCUT2D eigenvalue weighted by Gasteiger charge is 2.42. The highest BCUT2D eigenvalue weighted by atomic mass is 32.1. The number of benzene rings is 1. The van der Waals surface area contributed by atoms with Crippen molar-refractivity contribution in [3.8, 4) is 0 Å². The van der Waals surface area contributed by atoms with E-state index in [1.54, 1.807) is 7.11 Å². The first-order valence-corrected chi connectivity index (χ1v) is 11.1. The largest absolute Gasteiger partial charge is 0.383 e. The summed E-state index contributed by atoms with van der Waals surface area (Å²) in [6.45, 7) is 10.1. The Hall–Kier alpha value is -2.70. The van der Waals surface area contributed by atoms with Gasteiger partial charge in [-0.2, -0.15) is 0 Å². The van der Waals surface area contributed by atoms with E-state index < -0.39 is 0 Å². The van der Waals surface area contributed by atoms with Crippen LogP contribution < -0.4 is 10.2 Å². The maximum Gasteiger partial charge on any atom is 0.174 e. The number of aromatic nitrogens is 2. The second kappa shape index (κ2) is 8.81. The number of aryl methyl sites for hydroxylation is 3. The molecule has 0 aliphatic carbocycles. The minimum Gasteiger partial charge on any atom is -0.383 e. The van der Waals surface area contributed by atoms with Crippen molar-refractivity contribution in [3.05, 3.63) is 82.4 Å². The molecule has 4 rings (SSSR count). The molecule has 1 N–H and O–H groups in total. The Balaban J connectivity index is 1.86. The number of methoxy groups -OCH3 is 1. The molecule has 1 aliphatic heterocycles. The van der Waals surface area contributed by atoms with Crippen molar-refractivity contribution in [2.45, 2.75) is 46.3 Å². The summed E-state index contributed by atoms with van der Waals surface area (Å²) >= 11 is 5.88. The number of hydrogen-bond acceptors (Lipinski definition) is 3. The van der Waals surface area contributed by atoms with Gasteiger partial charge in [0.05, 0.1) is 24.4 Å². The zero-order valence-corrected chi connectivity index (χ0v) is 19.7. The SMILES string of the molecule is COCCn1c(C)cc([C@@H]2[C@@H](c3ccccn3)NC(=S)N2c2cc(C)cc(C)c2)c1C. The van der Waals surface area contributed by atoms with Crippen molar-refractivity contribution in [1.29, 1.82) is 0 Å². The Labute approximate surface area is 190 Å². The Morgan fingerprint density at radius 2 is 1.81 bits per heavy atom. The second-order valence-corrected chi connectivity index (χ2v) is 8.70. The average molecular weight is 435 g/mol. The van der Waals surface area contributed by atoms with Crippen LogP contribution in [-0.2, 0) is 11.3 Å². The van der Waals surface area contributed by atoms with Gasteiger partial charge in [-0.05, 0) is 86.9 Å². The molecule has 1 saturated heterocycles. The molecule has 2 atom stereocenters. The van der Waals surface area contributed by atoms with Crippen LogP contribution in [0.5, 0.6) is 0 Å². The number of nitrogens with zero attached hydrogens (tertiary/aromatic N) is 3. The average Bonchev–Trinajstić information content (AvgIpc) is 3.22. The number of hydrogen-bond donors (Lipinski definition) is 1. The molecule has 2 aromatic heterocycles. The fourth-order valence-electron chi connectivity index (χ4n) is 4.69. The van der Waals surface area contributed by atoms with Gasteiger partial charge in [-0.25, -0.2) is 0 Å². The summed E-state index contributed by atoms with van der Waals surface area (Å²) in [5, 5.41) is 4.30. The Morgan fingerprint density at radius 3 is 2.45 bits per heavy atom. The third-order valence-corrected chi connectivity index (χ3v) is 6.35. The number of anilines is 1. The predicted octanol–water partition coefficient (Wildman–Crippen LogP) is 4.94. The molecule has 162 valence electrons. The standard InChI is InChI=1S/C25H30N4OS/c1-16-12-17(2)14-20(13-16)29-24(21-15-18(3)28(19(21)4)10-11-30-5)23(27-25(29)31)22-8-6-7-9-26-22/h6-9,12-15,23-24H,10-11H2,1-5H3,(H,27,31)/t23-,24-/m1/s1. The highest BCUT2D eigenvalue weighted by Crippen LogP contribution is 2.43. The molecule has 0 unspecified atom stereocenters. The lowest BCUT2D eigenvalue weighted by molar-refractivity contribution is 0.186. The first-order chi connectivity index (χ1) is 14.9. The van der Waals surface area contributed by atoms with Crippen molar-refractivity contribution in [2.24, 2.45) is 0 Å². The molecule has 0 saturated carbocycles. The number of pyridine rings is 1. The maximum atomic E-state index is 5.88. The third kappa shape index (κ3) is 4.10. The molecule has 0 amide bonds. The summed E-state index contributed by atoms with van der Waals surface area (Å²) in [5.74, 6) is 0. The molecule has 6 heteroatoms. The second-order valence-electron chi connectivity index (χ2n) is 8.31. The van der Waals surface area contributed by atoms with Gasteiger partial charge < -0.3 is 19.5 Å². The van der Waals surface area contributed by atoms with Crippen LogP contribution in [0.2, 0.25) is 0 Å². The van der Waals surface area contributed by atoms with Crippen LogP contribution >= 0.6 is 12.2 Å². The zero-order chi connectivity index (χ0) is 22.1. The topological polar surface area (TPSA) is 42.3 Å². The predicted molar refractivity (Wildman–Crippen MR) is 130 cm³/mol. The Bertz CT molecular complexity index is 1070. The molecule has 1 fully saturated rings. The van der Waals surface area contributed by atoms with Crippen molar-refractivity contribution in [1.82, 2.24) is 14.9 Å². The van der Waals surface area contributed by atoms with E-state index in [2.05, 4.69) is 77.8 Å². The quantitative estimate of drug-likeness (QED) is 0.557. The summed E-state index contributed by atoms with van der Waals surface area (Å²) in [6, 6.07) is 14.9. The summed E-state index contributed by atoms with van der Waals surface area (Å²) in [6.07, 6.45) is 1.85. The lowest BCUT2D eigenvalue weighted by atomic mass is 9.96. The van der Waals surface area contributed by atoms with Gasteiger partial charge in [-0.3, -0.25) is 4.98 Å². The number of ether oxygens (including phenoxy) is 1. The lowest BCUT2D eigenvalue weighted by Crippen LogP contribution is -2.29. The minimum absolute atomic E-state index is 0.00564. The van der Waals surface area contributed by atoms with E-state index in [9.17, 15) is 0 Å². The van der Waals surface area contributed by atoms with Crippen LogP contribution in [0.4, 0.5) is 5.69 Å². The molecule has 5 nitrogen and oxygen atoms in total. The van der Waals surface area contributed by atoms with Crippen molar-refractivity contribution < 1.29 is 4.74 Å². The molecule has 0 radical (unpaired) electrons. The number of rotatable bonds is 6. The molecule has 1 aliphatic rings. The summed E-state index contributed by atoms with van der Waals surface area (Å²) in [5.41, 5.74) is 8.27. The van der Waals surface area contributed by atoms with Gasteiger partial charge >= 0.3 is 0 Å². The summed E-state index contributed by atoms with van der Waals surface area (Å²) in [4.78, 5) is 6.93. The number of thiocarbonyl (C=S) groups is 1. The van der Waals surface area contributed by atoms with Crippen LogP contribution in [-0.4, -0.2) is 28.4 Å². The summed E-state index contributed by atoms with van der Waals surface area (Å²) < 4.78 is 7.67. The fourth-order valence-corrected chi connectivity index (χ4v) is 5.04. The van der Waals surface area contributed by atoms with E-state index in [0.29, 0.717) is 6.61 Å². The van der Waals surface area contributed by atoms with E-state index in [-0.39, 0.29) is 12.1 Å². The molecular weight excluding hydrogens is 404 g/mol. The lowest BCUT2D eigenvalue weighted by Gasteiger charge is -2.29. The molecule has 1 aromatic carbocycles. The van der Waals surface area contributed by atoms with Gasteiger partial charge in [0.25, 0.3) is 0 Å².